The Kier molecular flexibility index (Phi) is 5.01. The van der Waals surface area contributed by atoms with Crippen LogP contribution in [0.2, 0.25) is 0 Å². The van der Waals surface area contributed by atoms with Gasteiger partial charge in [-0.05, 0) is 48.7 Å². The number of amides is 2. The number of anilines is 2. The van der Waals surface area contributed by atoms with E-state index in [2.05, 4.69) is 12.2 Å². The number of carbonyl (C=O) groups is 2. The number of benzene rings is 2. The summed E-state index contributed by atoms with van der Waals surface area (Å²) in [6, 6.07) is 13.5. The quantitative estimate of drug-likeness (QED) is 0.711. The molecule has 6 nitrogen and oxygen atoms in total. The van der Waals surface area contributed by atoms with Gasteiger partial charge in [-0.2, -0.15) is 0 Å². The van der Waals surface area contributed by atoms with E-state index in [1.165, 1.54) is 0 Å². The van der Waals surface area contributed by atoms with Crippen LogP contribution in [0.1, 0.15) is 35.8 Å². The van der Waals surface area contributed by atoms with Gasteiger partial charge in [-0.25, -0.2) is 0 Å². The van der Waals surface area contributed by atoms with Gasteiger partial charge in [0.2, 0.25) is 5.91 Å². The minimum absolute atomic E-state index is 0.0438. The summed E-state index contributed by atoms with van der Waals surface area (Å²) in [5.74, 6) is 0.506. The van der Waals surface area contributed by atoms with E-state index in [1.807, 2.05) is 54.1 Å². The lowest BCUT2D eigenvalue weighted by atomic mass is 10.1. The Bertz CT molecular complexity index is 1100. The van der Waals surface area contributed by atoms with Gasteiger partial charge in [0.25, 0.3) is 5.91 Å². The molecule has 1 N–H and O–H groups in total. The van der Waals surface area contributed by atoms with Gasteiger partial charge in [-0.15, -0.1) is 0 Å². The van der Waals surface area contributed by atoms with E-state index in [0.717, 1.165) is 35.0 Å². The highest BCUT2D eigenvalue weighted by molar-refractivity contribution is 6.17. The van der Waals surface area contributed by atoms with Crippen molar-refractivity contribution in [2.75, 3.05) is 23.9 Å². The molecule has 0 atom stereocenters. The number of nitrogens with one attached hydrogen (secondary N) is 1. The molecule has 2 aromatic carbocycles. The van der Waals surface area contributed by atoms with Crippen molar-refractivity contribution >= 4 is 34.1 Å². The molecule has 150 valence electrons. The number of aromatic nitrogens is 1. The number of aryl methyl sites for hydroxylation is 2. The van der Waals surface area contributed by atoms with Gasteiger partial charge in [-0.3, -0.25) is 9.59 Å². The Hall–Kier alpha value is -3.28. The number of methoxy groups -OCH3 is 1. The highest BCUT2D eigenvalue weighted by atomic mass is 16.5. The van der Waals surface area contributed by atoms with Crippen LogP contribution in [-0.2, 0) is 18.3 Å². The summed E-state index contributed by atoms with van der Waals surface area (Å²) in [7, 11) is 3.47. The van der Waals surface area contributed by atoms with Crippen LogP contribution >= 0.6 is 0 Å². The van der Waals surface area contributed by atoms with Crippen LogP contribution in [0.25, 0.3) is 10.9 Å². The Morgan fingerprint density at radius 2 is 2.03 bits per heavy atom. The minimum atomic E-state index is -0.231. The van der Waals surface area contributed by atoms with Crippen molar-refractivity contribution < 1.29 is 14.3 Å². The van der Waals surface area contributed by atoms with Crippen LogP contribution in [0.5, 0.6) is 5.75 Å². The van der Waals surface area contributed by atoms with Gasteiger partial charge in [0.1, 0.15) is 11.4 Å². The molecule has 0 spiro atoms. The number of rotatable bonds is 5. The second-order valence-corrected chi connectivity index (χ2v) is 7.30. The zero-order chi connectivity index (χ0) is 20.5. The zero-order valence-electron chi connectivity index (χ0n) is 17.0. The van der Waals surface area contributed by atoms with E-state index in [9.17, 15) is 9.59 Å². The number of nitrogens with zero attached hydrogens (tertiary/aromatic N) is 2. The SMILES string of the molecule is CCc1cccc(NC(=O)c2c(N3CCCC3=O)c3cc(OC)ccc3n2C)c1. The van der Waals surface area contributed by atoms with Gasteiger partial charge < -0.3 is 19.5 Å². The third-order valence-corrected chi connectivity index (χ3v) is 5.53. The van der Waals surface area contributed by atoms with Crippen LogP contribution in [0.3, 0.4) is 0 Å². The summed E-state index contributed by atoms with van der Waals surface area (Å²) in [5, 5.41) is 3.86. The predicted molar refractivity (Wildman–Crippen MR) is 115 cm³/mol. The smallest absolute Gasteiger partial charge is 0.274 e. The third-order valence-electron chi connectivity index (χ3n) is 5.53. The lowest BCUT2D eigenvalue weighted by Gasteiger charge is -2.18. The summed E-state index contributed by atoms with van der Waals surface area (Å²) < 4.78 is 7.24. The number of hydrogen-bond acceptors (Lipinski definition) is 3. The van der Waals surface area contributed by atoms with E-state index in [-0.39, 0.29) is 11.8 Å². The van der Waals surface area contributed by atoms with Crippen molar-refractivity contribution in [3.8, 4) is 5.75 Å². The highest BCUT2D eigenvalue weighted by Gasteiger charge is 2.31. The molecule has 0 radical (unpaired) electrons. The molecule has 0 aliphatic carbocycles. The standard InChI is InChI=1S/C23H25N3O3/c1-4-15-7-5-8-16(13-15)24-23(28)22-21(26-12-6-9-20(26)27)18-14-17(29-3)10-11-19(18)25(22)2/h5,7-8,10-11,13-14H,4,6,9,12H2,1-3H3,(H,24,28). The third kappa shape index (κ3) is 3.35. The lowest BCUT2D eigenvalue weighted by Crippen LogP contribution is -2.27. The number of fused-ring (bicyclic) bond motifs is 1. The van der Waals surface area contributed by atoms with E-state index >= 15 is 0 Å². The Morgan fingerprint density at radius 1 is 1.21 bits per heavy atom. The average molecular weight is 391 g/mol. The summed E-state index contributed by atoms with van der Waals surface area (Å²) >= 11 is 0. The van der Waals surface area contributed by atoms with Crippen molar-refractivity contribution in [3.63, 3.8) is 0 Å². The topological polar surface area (TPSA) is 63.6 Å². The number of ether oxygens (including phenoxy) is 1. The predicted octanol–water partition coefficient (Wildman–Crippen LogP) is 4.13. The minimum Gasteiger partial charge on any atom is -0.497 e. The first kappa shape index (κ1) is 19.1. The van der Waals surface area contributed by atoms with E-state index < -0.39 is 0 Å². The molecule has 2 amide bonds. The molecule has 1 saturated heterocycles. The number of carbonyl (C=O) groups excluding carboxylic acids is 2. The first-order chi connectivity index (χ1) is 14.0. The normalized spacial score (nSPS) is 13.9. The summed E-state index contributed by atoms with van der Waals surface area (Å²) in [5.41, 5.74) is 3.92. The van der Waals surface area contributed by atoms with Crippen molar-refractivity contribution in [1.29, 1.82) is 0 Å². The first-order valence-electron chi connectivity index (χ1n) is 9.90. The number of hydrogen-bond donors (Lipinski definition) is 1. The van der Waals surface area contributed by atoms with E-state index in [1.54, 1.807) is 12.0 Å². The maximum Gasteiger partial charge on any atom is 0.274 e. The van der Waals surface area contributed by atoms with Gasteiger partial charge in [0.15, 0.2) is 0 Å². The lowest BCUT2D eigenvalue weighted by molar-refractivity contribution is -0.117. The van der Waals surface area contributed by atoms with Crippen molar-refractivity contribution in [2.24, 2.45) is 7.05 Å². The van der Waals surface area contributed by atoms with E-state index in [4.69, 9.17) is 4.74 Å². The van der Waals surface area contributed by atoms with Crippen LogP contribution in [-0.4, -0.2) is 30.0 Å². The molecule has 1 fully saturated rings. The maximum absolute atomic E-state index is 13.3. The molecule has 1 aromatic heterocycles. The molecule has 0 saturated carbocycles. The molecule has 3 aromatic rings. The average Bonchev–Trinajstić information content (AvgIpc) is 3.28. The molecule has 29 heavy (non-hydrogen) atoms. The van der Waals surface area contributed by atoms with Crippen LogP contribution in [0.4, 0.5) is 11.4 Å². The zero-order valence-corrected chi connectivity index (χ0v) is 17.0. The van der Waals surface area contributed by atoms with Gasteiger partial charge >= 0.3 is 0 Å². The monoisotopic (exact) mass is 391 g/mol. The fourth-order valence-electron chi connectivity index (χ4n) is 4.01. The fourth-order valence-corrected chi connectivity index (χ4v) is 4.01. The molecule has 0 unspecified atom stereocenters. The molecule has 2 heterocycles. The highest BCUT2D eigenvalue weighted by Crippen LogP contribution is 2.38. The van der Waals surface area contributed by atoms with Crippen molar-refractivity contribution in [2.45, 2.75) is 26.2 Å². The summed E-state index contributed by atoms with van der Waals surface area (Å²) in [4.78, 5) is 27.6. The molecule has 0 bridgehead atoms. The van der Waals surface area contributed by atoms with Crippen LogP contribution in [0.15, 0.2) is 42.5 Å². The van der Waals surface area contributed by atoms with E-state index in [0.29, 0.717) is 30.1 Å². The van der Waals surface area contributed by atoms with Gasteiger partial charge in [-0.1, -0.05) is 19.1 Å². The summed E-state index contributed by atoms with van der Waals surface area (Å²) in [6.45, 7) is 2.69. The van der Waals surface area contributed by atoms with Crippen LogP contribution in [0, 0.1) is 0 Å². The second kappa shape index (κ2) is 7.62. The molecular formula is C23H25N3O3. The molecule has 4 rings (SSSR count). The Labute approximate surface area is 170 Å². The maximum atomic E-state index is 13.3. The Morgan fingerprint density at radius 3 is 2.72 bits per heavy atom. The first-order valence-corrected chi connectivity index (χ1v) is 9.90. The second-order valence-electron chi connectivity index (χ2n) is 7.30. The van der Waals surface area contributed by atoms with Crippen LogP contribution < -0.4 is 15.0 Å². The fraction of sp³-hybridized carbons (Fsp3) is 0.304. The van der Waals surface area contributed by atoms with Gasteiger partial charge in [0, 0.05) is 31.1 Å². The van der Waals surface area contributed by atoms with Crippen molar-refractivity contribution in [3.05, 3.63) is 53.7 Å². The molecular weight excluding hydrogens is 366 g/mol. The Balaban J connectivity index is 1.84. The van der Waals surface area contributed by atoms with Gasteiger partial charge in [0.05, 0.1) is 18.3 Å². The molecule has 1 aliphatic heterocycles. The molecule has 6 heteroatoms. The largest absolute Gasteiger partial charge is 0.497 e. The summed E-state index contributed by atoms with van der Waals surface area (Å²) in [6.07, 6.45) is 2.18. The molecule has 1 aliphatic rings. The van der Waals surface area contributed by atoms with Crippen molar-refractivity contribution in [1.82, 2.24) is 4.57 Å².